The number of nitrogens with zero attached hydrogens (tertiary/aromatic N) is 2. The lowest BCUT2D eigenvalue weighted by molar-refractivity contribution is -0.318. The Morgan fingerprint density at radius 1 is 0.964 bits per heavy atom. The van der Waals surface area contributed by atoms with Crippen molar-refractivity contribution in [1.82, 2.24) is 9.80 Å². The number of aliphatic hydroxyl groups excluding tert-OH is 2. The van der Waals surface area contributed by atoms with Gasteiger partial charge in [-0.3, -0.25) is 14.5 Å². The smallest absolute Gasteiger partial charge is 0.311 e. The Hall–Kier alpha value is -1.50. The quantitative estimate of drug-likeness (QED) is 0.249. The number of esters is 2. The molecule has 0 saturated carbocycles. The van der Waals surface area contributed by atoms with E-state index < -0.39 is 102 Å². The van der Waals surface area contributed by atoms with Crippen LogP contribution in [0, 0.1) is 17.8 Å². The predicted molar refractivity (Wildman–Crippen MR) is 208 cm³/mol. The third-order valence-electron chi connectivity index (χ3n) is 12.7. The van der Waals surface area contributed by atoms with Crippen molar-refractivity contribution < 1.29 is 63.2 Å². The summed E-state index contributed by atoms with van der Waals surface area (Å²) in [5.74, 6) is -3.20. The number of carbonyl (C=O) groups is 2. The van der Waals surface area contributed by atoms with Gasteiger partial charge in [0.15, 0.2) is 12.6 Å². The molecule has 3 saturated heterocycles. The van der Waals surface area contributed by atoms with E-state index in [9.17, 15) is 30.0 Å². The van der Waals surface area contributed by atoms with Crippen LogP contribution in [0.5, 0.6) is 0 Å². The molecule has 0 aliphatic carbocycles. The molecule has 0 bridgehead atoms. The van der Waals surface area contributed by atoms with Crippen molar-refractivity contribution in [1.29, 1.82) is 0 Å². The van der Waals surface area contributed by atoms with Crippen LogP contribution in [0.25, 0.3) is 0 Å². The van der Waals surface area contributed by atoms with Gasteiger partial charge >= 0.3 is 11.9 Å². The SMILES string of the molecule is CCC(=O)O[C@@H]1[C@@H](C)N(C)C[C@H](C)C[C@@](C)(O)[C@H](O[C@@H]2O[C@H](C)CC(N(C)C)[C@H]2O)[C@@H](C)[C@H](O[C@H]2C[C@@](C)(OC)[C@@H](O)[C@H](C)O2)[C@@H](C)C(=O)O[C@H](CC)[C@@]1(C)O. The molecule has 56 heavy (non-hydrogen) atoms. The summed E-state index contributed by atoms with van der Waals surface area (Å²) in [6, 6.07) is -0.818. The van der Waals surface area contributed by atoms with Crippen LogP contribution in [0.4, 0.5) is 0 Å². The number of methoxy groups -OCH3 is 1. The normalized spacial score (nSPS) is 46.8. The molecule has 3 heterocycles. The predicted octanol–water partition coefficient (Wildman–Crippen LogP) is 2.86. The molecule has 3 aliphatic heterocycles. The number of hydrogen-bond donors (Lipinski definition) is 4. The van der Waals surface area contributed by atoms with E-state index in [1.807, 2.05) is 58.6 Å². The second-order valence-electron chi connectivity index (χ2n) is 18.0. The largest absolute Gasteiger partial charge is 0.459 e. The Kier molecular flexibility index (Phi) is 17.2. The maximum absolute atomic E-state index is 14.4. The van der Waals surface area contributed by atoms with Crippen molar-refractivity contribution in [2.24, 2.45) is 17.8 Å². The van der Waals surface area contributed by atoms with Crippen LogP contribution in [-0.4, -0.2) is 167 Å². The fourth-order valence-electron chi connectivity index (χ4n) is 9.16. The van der Waals surface area contributed by atoms with E-state index in [0.717, 1.165) is 0 Å². The Bertz CT molecular complexity index is 1270. The monoisotopic (exact) mass is 805 g/mol. The molecule has 3 aliphatic rings. The second kappa shape index (κ2) is 19.7. The minimum absolute atomic E-state index is 0.0860. The molecule has 0 radical (unpaired) electrons. The van der Waals surface area contributed by atoms with Crippen molar-refractivity contribution in [3.8, 4) is 0 Å². The molecule has 15 heteroatoms. The molecule has 3 fully saturated rings. The number of aliphatic hydroxyl groups is 4. The highest BCUT2D eigenvalue weighted by Gasteiger charge is 2.53. The average molecular weight is 805 g/mol. The number of cyclic esters (lactones) is 1. The van der Waals surface area contributed by atoms with Gasteiger partial charge in [-0.05, 0) is 94.8 Å². The van der Waals surface area contributed by atoms with Crippen LogP contribution >= 0.6 is 0 Å². The van der Waals surface area contributed by atoms with Crippen LogP contribution in [0.2, 0.25) is 0 Å². The number of rotatable bonds is 9. The van der Waals surface area contributed by atoms with Crippen molar-refractivity contribution >= 4 is 11.9 Å². The zero-order chi connectivity index (χ0) is 42.7. The first kappa shape index (κ1) is 48.9. The molecular formula is C41H76N2O13. The molecule has 328 valence electrons. The summed E-state index contributed by atoms with van der Waals surface area (Å²) < 4.78 is 43.8. The summed E-state index contributed by atoms with van der Waals surface area (Å²) in [6.45, 7) is 19.8. The van der Waals surface area contributed by atoms with Crippen molar-refractivity contribution in [3.63, 3.8) is 0 Å². The molecule has 0 aromatic carbocycles. The van der Waals surface area contributed by atoms with Gasteiger partial charge in [-0.1, -0.05) is 27.7 Å². The lowest BCUT2D eigenvalue weighted by Gasteiger charge is -2.48. The third kappa shape index (κ3) is 11.2. The third-order valence-corrected chi connectivity index (χ3v) is 12.7. The van der Waals surface area contributed by atoms with E-state index in [4.69, 9.17) is 33.2 Å². The maximum atomic E-state index is 14.4. The van der Waals surface area contributed by atoms with Gasteiger partial charge in [-0.2, -0.15) is 0 Å². The summed E-state index contributed by atoms with van der Waals surface area (Å²) in [4.78, 5) is 31.1. The van der Waals surface area contributed by atoms with Gasteiger partial charge in [0.1, 0.15) is 30.0 Å². The van der Waals surface area contributed by atoms with Crippen LogP contribution in [0.15, 0.2) is 0 Å². The van der Waals surface area contributed by atoms with Crippen molar-refractivity contribution in [3.05, 3.63) is 0 Å². The van der Waals surface area contributed by atoms with Crippen molar-refractivity contribution in [2.75, 3.05) is 34.8 Å². The summed E-state index contributed by atoms with van der Waals surface area (Å²) in [5.41, 5.74) is -4.43. The Labute approximate surface area is 335 Å². The first-order valence-electron chi connectivity index (χ1n) is 20.6. The summed E-state index contributed by atoms with van der Waals surface area (Å²) >= 11 is 0. The van der Waals surface area contributed by atoms with Gasteiger partial charge in [0, 0.05) is 44.5 Å². The average Bonchev–Trinajstić information content (AvgIpc) is 3.11. The number of carbonyl (C=O) groups excluding carboxylic acids is 2. The second-order valence-corrected chi connectivity index (χ2v) is 18.0. The molecular weight excluding hydrogens is 728 g/mol. The molecule has 18 atom stereocenters. The Morgan fingerprint density at radius 3 is 2.14 bits per heavy atom. The Balaban J connectivity index is 2.22. The van der Waals surface area contributed by atoms with Crippen LogP contribution in [0.3, 0.4) is 0 Å². The summed E-state index contributed by atoms with van der Waals surface area (Å²) in [5, 5.41) is 47.4. The summed E-state index contributed by atoms with van der Waals surface area (Å²) in [6.07, 6.45) is -8.18. The number of ether oxygens (including phenoxy) is 7. The number of hydrogen-bond acceptors (Lipinski definition) is 15. The zero-order valence-corrected chi connectivity index (χ0v) is 36.8. The van der Waals surface area contributed by atoms with Gasteiger partial charge < -0.3 is 58.5 Å². The molecule has 0 aromatic heterocycles. The van der Waals surface area contributed by atoms with E-state index in [0.29, 0.717) is 13.0 Å². The number of likely N-dealkylation sites (N-methyl/N-ethyl adjacent to an activating group) is 2. The molecule has 1 unspecified atom stereocenters. The molecule has 4 N–H and O–H groups in total. The topological polar surface area (TPSA) is 186 Å². The van der Waals surface area contributed by atoms with Gasteiger partial charge in [-0.15, -0.1) is 0 Å². The van der Waals surface area contributed by atoms with E-state index in [2.05, 4.69) is 0 Å². The lowest BCUT2D eigenvalue weighted by Crippen LogP contribution is -2.60. The highest BCUT2D eigenvalue weighted by molar-refractivity contribution is 5.73. The van der Waals surface area contributed by atoms with E-state index in [1.165, 1.54) is 14.0 Å². The minimum Gasteiger partial charge on any atom is -0.459 e. The summed E-state index contributed by atoms with van der Waals surface area (Å²) in [7, 11) is 7.13. The van der Waals surface area contributed by atoms with Gasteiger partial charge in [0.25, 0.3) is 0 Å². The molecule has 0 aromatic rings. The maximum Gasteiger partial charge on any atom is 0.311 e. The highest BCUT2D eigenvalue weighted by Crippen LogP contribution is 2.40. The zero-order valence-electron chi connectivity index (χ0n) is 36.8. The molecule has 0 amide bonds. The standard InChI is InChI=1S/C41H76N2O13/c1-16-29-41(11,49)36(54-30(44)17-2)26(7)43(14)21-22(3)19-39(9,48)35(56-38-32(45)28(42(12)13)18-23(4)51-38)24(5)33(25(6)37(47)53-29)55-31-20-40(10,50-15)34(46)27(8)52-31/h22-29,31-36,38,45-46,48-49H,16-21H2,1-15H3/t22-,23-,24+,25-,26-,27+,28?,29-,31+,32-,33+,34+,35-,36-,38+,39-,40-,41-/m1/s1. The highest BCUT2D eigenvalue weighted by atomic mass is 16.7. The van der Waals surface area contributed by atoms with Crippen LogP contribution in [0.1, 0.15) is 108 Å². The van der Waals surface area contributed by atoms with Crippen LogP contribution < -0.4 is 0 Å². The van der Waals surface area contributed by atoms with Crippen LogP contribution in [-0.2, 0) is 42.7 Å². The molecule has 0 spiro atoms. The van der Waals surface area contributed by atoms with E-state index in [1.54, 1.807) is 41.5 Å². The van der Waals surface area contributed by atoms with E-state index >= 15 is 0 Å². The first-order chi connectivity index (χ1) is 25.8. The molecule has 3 rings (SSSR count). The first-order valence-corrected chi connectivity index (χ1v) is 20.6. The van der Waals surface area contributed by atoms with E-state index in [-0.39, 0.29) is 43.7 Å². The van der Waals surface area contributed by atoms with Gasteiger partial charge in [-0.25, -0.2) is 0 Å². The van der Waals surface area contributed by atoms with Gasteiger partial charge in [0.2, 0.25) is 0 Å². The Morgan fingerprint density at radius 2 is 1.59 bits per heavy atom. The fourth-order valence-corrected chi connectivity index (χ4v) is 9.16. The minimum atomic E-state index is -1.81. The lowest BCUT2D eigenvalue weighted by atomic mass is 9.77. The molecule has 15 nitrogen and oxygen atoms in total. The fraction of sp³-hybridized carbons (Fsp3) is 0.951. The van der Waals surface area contributed by atoms with Crippen molar-refractivity contribution in [2.45, 2.75) is 199 Å². The van der Waals surface area contributed by atoms with Gasteiger partial charge in [0.05, 0.1) is 41.5 Å².